The van der Waals surface area contributed by atoms with Crippen molar-refractivity contribution in [3.05, 3.63) is 52.4 Å². The van der Waals surface area contributed by atoms with Gasteiger partial charge in [0, 0.05) is 56.8 Å². The highest BCUT2D eigenvalue weighted by molar-refractivity contribution is 6.28. The third kappa shape index (κ3) is 5.58. The highest BCUT2D eigenvalue weighted by Gasteiger charge is 2.37. The Morgan fingerprint density at radius 1 is 1.12 bits per heavy atom. The van der Waals surface area contributed by atoms with E-state index in [1.807, 2.05) is 31.7 Å². The lowest BCUT2D eigenvalue weighted by atomic mass is 10.0. The first-order valence-corrected chi connectivity index (χ1v) is 12.1. The highest BCUT2D eigenvalue weighted by atomic mass is 35.5. The fourth-order valence-corrected chi connectivity index (χ4v) is 4.82. The van der Waals surface area contributed by atoms with Gasteiger partial charge in [0.25, 0.3) is 0 Å². The topological polar surface area (TPSA) is 61.8 Å². The number of piperazine rings is 1. The van der Waals surface area contributed by atoms with Crippen molar-refractivity contribution in [3.8, 4) is 0 Å². The van der Waals surface area contributed by atoms with Gasteiger partial charge in [0.1, 0.15) is 11.4 Å². The molecule has 0 aliphatic carbocycles. The zero-order valence-electron chi connectivity index (χ0n) is 20.2. The van der Waals surface area contributed by atoms with Gasteiger partial charge in [-0.05, 0) is 51.8 Å². The molecule has 4 rings (SSSR count). The molecule has 2 unspecified atom stereocenters. The Labute approximate surface area is 201 Å². The molecule has 0 radical (unpaired) electrons. The summed E-state index contributed by atoms with van der Waals surface area (Å²) < 4.78 is 5.63. The van der Waals surface area contributed by atoms with E-state index in [-0.39, 0.29) is 23.5 Å². The standard InChI is InChI=1S/C25H34ClN5O2/c1-17-14-31(24(32)33-25(3,4)5)18(2)13-30(17)22-20-16-29(15-19-9-7-6-8-10-19)12-11-21(20)27-23(26)28-22/h6-10,17-18H,11-16H2,1-5H3. The van der Waals surface area contributed by atoms with E-state index in [1.54, 1.807) is 0 Å². The van der Waals surface area contributed by atoms with E-state index in [9.17, 15) is 4.79 Å². The summed E-state index contributed by atoms with van der Waals surface area (Å²) in [5.41, 5.74) is 2.96. The number of anilines is 1. The minimum Gasteiger partial charge on any atom is -0.444 e. The van der Waals surface area contributed by atoms with Crippen molar-refractivity contribution in [2.45, 2.75) is 71.8 Å². The molecule has 2 aliphatic heterocycles. The highest BCUT2D eigenvalue weighted by Crippen LogP contribution is 2.32. The summed E-state index contributed by atoms with van der Waals surface area (Å²) >= 11 is 6.36. The molecular weight excluding hydrogens is 438 g/mol. The van der Waals surface area contributed by atoms with E-state index in [0.717, 1.165) is 43.1 Å². The van der Waals surface area contributed by atoms with E-state index in [0.29, 0.717) is 13.1 Å². The molecule has 1 fully saturated rings. The SMILES string of the molecule is CC1CN(c2nc(Cl)nc3c2CN(Cc2ccccc2)CC3)C(C)CN1C(=O)OC(C)(C)C. The first kappa shape index (κ1) is 23.8. The number of fused-ring (bicyclic) bond motifs is 1. The zero-order valence-corrected chi connectivity index (χ0v) is 21.0. The van der Waals surface area contributed by atoms with Gasteiger partial charge in [-0.15, -0.1) is 0 Å². The monoisotopic (exact) mass is 471 g/mol. The number of benzene rings is 1. The maximum absolute atomic E-state index is 12.7. The molecule has 2 aromatic rings. The molecular formula is C25H34ClN5O2. The zero-order chi connectivity index (χ0) is 23.8. The van der Waals surface area contributed by atoms with E-state index in [4.69, 9.17) is 16.3 Å². The average Bonchev–Trinajstić information content (AvgIpc) is 2.74. The maximum Gasteiger partial charge on any atom is 0.410 e. The maximum atomic E-state index is 12.7. The van der Waals surface area contributed by atoms with E-state index in [2.05, 4.69) is 57.9 Å². The Balaban J connectivity index is 1.55. The quantitative estimate of drug-likeness (QED) is 0.613. The number of carbonyl (C=O) groups is 1. The summed E-state index contributed by atoms with van der Waals surface area (Å²) in [7, 11) is 0. The van der Waals surface area contributed by atoms with Crippen molar-refractivity contribution in [2.75, 3.05) is 24.5 Å². The molecule has 1 aromatic heterocycles. The Morgan fingerprint density at radius 2 is 1.85 bits per heavy atom. The van der Waals surface area contributed by atoms with Gasteiger partial charge in [-0.2, -0.15) is 0 Å². The lowest BCUT2D eigenvalue weighted by Crippen LogP contribution is -2.59. The lowest BCUT2D eigenvalue weighted by molar-refractivity contribution is 0.0129. The van der Waals surface area contributed by atoms with Crippen LogP contribution >= 0.6 is 11.6 Å². The van der Waals surface area contributed by atoms with Crippen LogP contribution in [0.4, 0.5) is 10.6 Å². The van der Waals surface area contributed by atoms with Crippen molar-refractivity contribution in [3.63, 3.8) is 0 Å². The average molecular weight is 472 g/mol. The smallest absolute Gasteiger partial charge is 0.410 e. The van der Waals surface area contributed by atoms with Gasteiger partial charge in [-0.1, -0.05) is 30.3 Å². The van der Waals surface area contributed by atoms with E-state index >= 15 is 0 Å². The molecule has 1 saturated heterocycles. The molecule has 0 N–H and O–H groups in total. The predicted octanol–water partition coefficient (Wildman–Crippen LogP) is 4.52. The summed E-state index contributed by atoms with van der Waals surface area (Å²) in [6.07, 6.45) is 0.581. The van der Waals surface area contributed by atoms with Gasteiger partial charge in [0.15, 0.2) is 0 Å². The molecule has 33 heavy (non-hydrogen) atoms. The van der Waals surface area contributed by atoms with Crippen molar-refractivity contribution in [1.82, 2.24) is 19.8 Å². The van der Waals surface area contributed by atoms with Crippen LogP contribution in [0, 0.1) is 0 Å². The first-order chi connectivity index (χ1) is 15.6. The minimum absolute atomic E-state index is 0.00977. The molecule has 8 heteroatoms. The molecule has 2 aliphatic rings. The second-order valence-corrected chi connectivity index (χ2v) is 10.5. The fraction of sp³-hybridized carbons (Fsp3) is 0.560. The van der Waals surface area contributed by atoms with Gasteiger partial charge >= 0.3 is 6.09 Å². The number of halogens is 1. The van der Waals surface area contributed by atoms with Gasteiger partial charge in [-0.25, -0.2) is 14.8 Å². The van der Waals surface area contributed by atoms with Crippen molar-refractivity contribution in [1.29, 1.82) is 0 Å². The first-order valence-electron chi connectivity index (χ1n) is 11.7. The van der Waals surface area contributed by atoms with Crippen molar-refractivity contribution in [2.24, 2.45) is 0 Å². The second kappa shape index (κ2) is 9.47. The van der Waals surface area contributed by atoms with Crippen LogP contribution in [0.2, 0.25) is 5.28 Å². The third-order valence-corrected chi connectivity index (χ3v) is 6.39. The van der Waals surface area contributed by atoms with Crippen LogP contribution in [0.1, 0.15) is 51.4 Å². The normalized spacial score (nSPS) is 21.6. The Kier molecular flexibility index (Phi) is 6.82. The number of carbonyl (C=O) groups excluding carboxylic acids is 1. The Hall–Kier alpha value is -2.38. The number of hydrogen-bond acceptors (Lipinski definition) is 6. The van der Waals surface area contributed by atoms with Crippen LogP contribution in [-0.2, 0) is 24.2 Å². The van der Waals surface area contributed by atoms with Crippen LogP contribution in [-0.4, -0.2) is 63.2 Å². The summed E-state index contributed by atoms with van der Waals surface area (Å²) in [5, 5.41) is 0.287. The van der Waals surface area contributed by atoms with Crippen LogP contribution in [0.3, 0.4) is 0 Å². The van der Waals surface area contributed by atoms with Crippen LogP contribution in [0.25, 0.3) is 0 Å². The number of rotatable bonds is 3. The van der Waals surface area contributed by atoms with E-state index < -0.39 is 5.60 Å². The van der Waals surface area contributed by atoms with E-state index in [1.165, 1.54) is 5.56 Å². The summed E-state index contributed by atoms with van der Waals surface area (Å²) in [6.45, 7) is 13.7. The third-order valence-electron chi connectivity index (χ3n) is 6.23. The number of hydrogen-bond donors (Lipinski definition) is 0. The van der Waals surface area contributed by atoms with Gasteiger partial charge in [-0.3, -0.25) is 4.90 Å². The fourth-order valence-electron chi connectivity index (χ4n) is 4.63. The molecule has 2 atom stereocenters. The Morgan fingerprint density at radius 3 is 2.55 bits per heavy atom. The van der Waals surface area contributed by atoms with Crippen LogP contribution in [0.5, 0.6) is 0 Å². The number of amides is 1. The summed E-state index contributed by atoms with van der Waals surface area (Å²) in [5.74, 6) is 0.894. The number of ether oxygens (including phenoxy) is 1. The number of nitrogens with zero attached hydrogens (tertiary/aromatic N) is 5. The molecule has 3 heterocycles. The molecule has 0 saturated carbocycles. The van der Waals surface area contributed by atoms with Crippen molar-refractivity contribution < 1.29 is 9.53 Å². The minimum atomic E-state index is -0.515. The molecule has 0 spiro atoms. The molecule has 1 aromatic carbocycles. The van der Waals surface area contributed by atoms with Crippen molar-refractivity contribution >= 4 is 23.5 Å². The van der Waals surface area contributed by atoms with Gasteiger partial charge in [0.2, 0.25) is 5.28 Å². The van der Waals surface area contributed by atoms with Crippen LogP contribution in [0.15, 0.2) is 30.3 Å². The molecule has 178 valence electrons. The molecule has 7 nitrogen and oxygen atoms in total. The number of aromatic nitrogens is 2. The predicted molar refractivity (Wildman–Crippen MR) is 131 cm³/mol. The second-order valence-electron chi connectivity index (χ2n) is 10.2. The summed E-state index contributed by atoms with van der Waals surface area (Å²) in [4.78, 5) is 28.5. The van der Waals surface area contributed by atoms with Gasteiger partial charge in [0.05, 0.1) is 5.69 Å². The largest absolute Gasteiger partial charge is 0.444 e. The van der Waals surface area contributed by atoms with Gasteiger partial charge < -0.3 is 14.5 Å². The molecule has 0 bridgehead atoms. The lowest BCUT2D eigenvalue weighted by Gasteiger charge is -2.45. The Bertz CT molecular complexity index is 994. The van der Waals surface area contributed by atoms with Crippen LogP contribution < -0.4 is 4.90 Å². The summed E-state index contributed by atoms with van der Waals surface area (Å²) in [6, 6.07) is 10.6. The molecule has 1 amide bonds.